The van der Waals surface area contributed by atoms with Crippen molar-refractivity contribution in [2.45, 2.75) is 51.5 Å². The molecule has 0 saturated heterocycles. The van der Waals surface area contributed by atoms with Crippen molar-refractivity contribution in [3.05, 3.63) is 22.4 Å². The molecule has 20 heavy (non-hydrogen) atoms. The molecule has 0 spiro atoms. The van der Waals surface area contributed by atoms with Gasteiger partial charge in [-0.05, 0) is 42.7 Å². The van der Waals surface area contributed by atoms with Crippen LogP contribution in [0.15, 0.2) is 17.5 Å². The van der Waals surface area contributed by atoms with Gasteiger partial charge in [-0.3, -0.25) is 4.79 Å². The molecule has 2 unspecified atom stereocenters. The molecule has 3 N–H and O–H groups in total. The monoisotopic (exact) mass is 294 g/mol. The van der Waals surface area contributed by atoms with Crippen molar-refractivity contribution in [3.8, 4) is 0 Å². The molecule has 1 aromatic heterocycles. The number of hydrogen-bond acceptors (Lipinski definition) is 3. The highest BCUT2D eigenvalue weighted by atomic mass is 32.1. The van der Waals surface area contributed by atoms with E-state index in [9.17, 15) is 4.79 Å². The quantitative estimate of drug-likeness (QED) is 0.809. The Bertz CT molecular complexity index is 395. The third-order valence-corrected chi connectivity index (χ3v) is 5.38. The number of nitrogens with two attached hydrogens (primary N) is 1. The van der Waals surface area contributed by atoms with E-state index >= 15 is 0 Å². The lowest BCUT2D eigenvalue weighted by Gasteiger charge is -2.24. The minimum absolute atomic E-state index is 0.160. The van der Waals surface area contributed by atoms with E-state index in [1.807, 2.05) is 0 Å². The Balaban J connectivity index is 1.98. The van der Waals surface area contributed by atoms with Crippen molar-refractivity contribution in [2.75, 3.05) is 6.54 Å². The van der Waals surface area contributed by atoms with E-state index < -0.39 is 0 Å². The SMILES string of the molecule is CCC(CN)CC(=O)NC(c1cccs1)C1CCCC1. The van der Waals surface area contributed by atoms with Crippen molar-refractivity contribution >= 4 is 17.2 Å². The molecule has 2 atom stereocenters. The van der Waals surface area contributed by atoms with Crippen molar-refractivity contribution in [1.82, 2.24) is 5.32 Å². The average molecular weight is 294 g/mol. The van der Waals surface area contributed by atoms with Crippen LogP contribution >= 0.6 is 11.3 Å². The second-order valence-electron chi connectivity index (χ2n) is 5.82. The molecule has 1 saturated carbocycles. The van der Waals surface area contributed by atoms with Gasteiger partial charge in [0.1, 0.15) is 0 Å². The Kier molecular flexibility index (Phi) is 6.05. The zero-order chi connectivity index (χ0) is 14.4. The van der Waals surface area contributed by atoms with Gasteiger partial charge in [0.05, 0.1) is 6.04 Å². The van der Waals surface area contributed by atoms with Crippen LogP contribution in [0.3, 0.4) is 0 Å². The number of nitrogens with one attached hydrogen (secondary N) is 1. The second-order valence-corrected chi connectivity index (χ2v) is 6.80. The van der Waals surface area contributed by atoms with E-state index in [0.29, 0.717) is 24.8 Å². The molecule has 1 heterocycles. The fourth-order valence-electron chi connectivity index (χ4n) is 3.07. The Labute approximate surface area is 125 Å². The lowest BCUT2D eigenvalue weighted by atomic mass is 9.95. The van der Waals surface area contributed by atoms with Crippen molar-refractivity contribution < 1.29 is 4.79 Å². The van der Waals surface area contributed by atoms with Gasteiger partial charge in [0.15, 0.2) is 0 Å². The molecule has 1 amide bonds. The minimum atomic E-state index is 0.160. The highest BCUT2D eigenvalue weighted by molar-refractivity contribution is 7.10. The molecule has 1 fully saturated rings. The summed E-state index contributed by atoms with van der Waals surface area (Å²) in [6.07, 6.45) is 6.58. The molecule has 0 aliphatic heterocycles. The molecule has 0 radical (unpaired) electrons. The summed E-state index contributed by atoms with van der Waals surface area (Å²) < 4.78 is 0. The maximum absolute atomic E-state index is 12.3. The van der Waals surface area contributed by atoms with E-state index in [4.69, 9.17) is 5.73 Å². The number of thiophene rings is 1. The lowest BCUT2D eigenvalue weighted by Crippen LogP contribution is -2.34. The molecule has 1 aliphatic carbocycles. The third kappa shape index (κ3) is 4.06. The third-order valence-electron chi connectivity index (χ3n) is 4.42. The number of amides is 1. The summed E-state index contributed by atoms with van der Waals surface area (Å²) in [7, 11) is 0. The van der Waals surface area contributed by atoms with Crippen LogP contribution in [0.5, 0.6) is 0 Å². The fraction of sp³-hybridized carbons (Fsp3) is 0.688. The summed E-state index contributed by atoms with van der Waals surface area (Å²) in [5.74, 6) is 1.07. The largest absolute Gasteiger partial charge is 0.348 e. The van der Waals surface area contributed by atoms with Gasteiger partial charge in [-0.1, -0.05) is 32.3 Å². The number of rotatable bonds is 7. The van der Waals surface area contributed by atoms with Crippen molar-refractivity contribution in [1.29, 1.82) is 0 Å². The molecule has 3 nitrogen and oxygen atoms in total. The van der Waals surface area contributed by atoms with Crippen molar-refractivity contribution in [3.63, 3.8) is 0 Å². The predicted molar refractivity (Wildman–Crippen MR) is 84.6 cm³/mol. The van der Waals surface area contributed by atoms with Crippen LogP contribution in [0, 0.1) is 11.8 Å². The fourth-order valence-corrected chi connectivity index (χ4v) is 3.94. The van der Waals surface area contributed by atoms with Gasteiger partial charge >= 0.3 is 0 Å². The first-order chi connectivity index (χ1) is 9.74. The Hall–Kier alpha value is -0.870. The van der Waals surface area contributed by atoms with E-state index in [2.05, 4.69) is 29.8 Å². The molecule has 2 rings (SSSR count). The van der Waals surface area contributed by atoms with Gasteiger partial charge in [-0.25, -0.2) is 0 Å². The van der Waals surface area contributed by atoms with E-state index in [1.165, 1.54) is 30.6 Å². The first-order valence-electron chi connectivity index (χ1n) is 7.77. The predicted octanol–water partition coefficient (Wildman–Crippen LogP) is 3.47. The second kappa shape index (κ2) is 7.79. The molecule has 1 aliphatic rings. The summed E-state index contributed by atoms with van der Waals surface area (Å²) in [6, 6.07) is 4.43. The maximum atomic E-state index is 12.3. The molecular formula is C16H26N2OS. The Morgan fingerprint density at radius 1 is 1.50 bits per heavy atom. The zero-order valence-corrected chi connectivity index (χ0v) is 13.1. The zero-order valence-electron chi connectivity index (χ0n) is 12.3. The molecule has 112 valence electrons. The summed E-state index contributed by atoms with van der Waals surface area (Å²) in [5.41, 5.74) is 5.70. The van der Waals surface area contributed by atoms with Gasteiger partial charge in [-0.15, -0.1) is 11.3 Å². The minimum Gasteiger partial charge on any atom is -0.348 e. The highest BCUT2D eigenvalue weighted by Crippen LogP contribution is 2.37. The van der Waals surface area contributed by atoms with Gasteiger partial charge in [0.2, 0.25) is 5.91 Å². The first kappa shape index (κ1) is 15.5. The Morgan fingerprint density at radius 3 is 2.80 bits per heavy atom. The van der Waals surface area contributed by atoms with Gasteiger partial charge < -0.3 is 11.1 Å². The standard InChI is InChI=1S/C16H26N2OS/c1-2-12(11-17)10-15(19)18-16(13-6-3-4-7-13)14-8-5-9-20-14/h5,8-9,12-13,16H,2-4,6-7,10-11,17H2,1H3,(H,18,19). The summed E-state index contributed by atoms with van der Waals surface area (Å²) in [4.78, 5) is 13.6. The molecular weight excluding hydrogens is 268 g/mol. The van der Waals surface area contributed by atoms with E-state index in [-0.39, 0.29) is 11.9 Å². The average Bonchev–Trinajstić information content (AvgIpc) is 3.14. The van der Waals surface area contributed by atoms with Gasteiger partial charge in [0.25, 0.3) is 0 Å². The number of carbonyl (C=O) groups is 1. The number of carbonyl (C=O) groups excluding carboxylic acids is 1. The van der Waals surface area contributed by atoms with Crippen LogP contribution in [0.1, 0.15) is 56.4 Å². The van der Waals surface area contributed by atoms with Crippen LogP contribution in [-0.2, 0) is 4.79 Å². The normalized spacial score (nSPS) is 18.9. The van der Waals surface area contributed by atoms with Crippen LogP contribution < -0.4 is 11.1 Å². The van der Waals surface area contributed by atoms with Gasteiger partial charge in [0, 0.05) is 11.3 Å². The maximum Gasteiger partial charge on any atom is 0.220 e. The first-order valence-corrected chi connectivity index (χ1v) is 8.65. The lowest BCUT2D eigenvalue weighted by molar-refractivity contribution is -0.123. The summed E-state index contributed by atoms with van der Waals surface area (Å²) >= 11 is 1.75. The smallest absolute Gasteiger partial charge is 0.220 e. The van der Waals surface area contributed by atoms with Crippen LogP contribution in [0.4, 0.5) is 0 Å². The number of hydrogen-bond donors (Lipinski definition) is 2. The van der Waals surface area contributed by atoms with Gasteiger partial charge in [-0.2, -0.15) is 0 Å². The molecule has 1 aromatic rings. The topological polar surface area (TPSA) is 55.1 Å². The van der Waals surface area contributed by atoms with Crippen molar-refractivity contribution in [2.24, 2.45) is 17.6 Å². The summed E-state index contributed by atoms with van der Waals surface area (Å²) in [6.45, 7) is 2.69. The van der Waals surface area contributed by atoms with E-state index in [1.54, 1.807) is 11.3 Å². The van der Waals surface area contributed by atoms with E-state index in [0.717, 1.165) is 6.42 Å². The molecule has 0 aromatic carbocycles. The van der Waals surface area contributed by atoms with Crippen LogP contribution in [-0.4, -0.2) is 12.5 Å². The highest BCUT2D eigenvalue weighted by Gasteiger charge is 2.28. The molecule has 4 heteroatoms. The Morgan fingerprint density at radius 2 is 2.25 bits per heavy atom. The summed E-state index contributed by atoms with van der Waals surface area (Å²) in [5, 5.41) is 5.37. The molecule has 0 bridgehead atoms. The van der Waals surface area contributed by atoms with Crippen LogP contribution in [0.2, 0.25) is 0 Å². The van der Waals surface area contributed by atoms with Crippen LogP contribution in [0.25, 0.3) is 0 Å².